The van der Waals surface area contributed by atoms with Crippen LogP contribution in [0.1, 0.15) is 5.69 Å². The summed E-state index contributed by atoms with van der Waals surface area (Å²) >= 11 is 6.51. The number of ether oxygens (including phenoxy) is 2. The second kappa shape index (κ2) is 10.9. The first-order valence-corrected chi connectivity index (χ1v) is 11.9. The molecule has 180 valence electrons. The number of aromatic nitrogens is 3. The van der Waals surface area contributed by atoms with Gasteiger partial charge in [-0.1, -0.05) is 23.7 Å². The highest BCUT2D eigenvalue weighted by Gasteiger charge is 2.20. The molecule has 2 N–H and O–H groups in total. The zero-order valence-corrected chi connectivity index (χ0v) is 20.2. The first-order valence-electron chi connectivity index (χ1n) is 11.5. The van der Waals surface area contributed by atoms with Crippen molar-refractivity contribution in [2.75, 3.05) is 38.6 Å². The van der Waals surface area contributed by atoms with E-state index in [0.717, 1.165) is 47.7 Å². The third-order valence-corrected chi connectivity index (χ3v) is 6.29. The molecule has 2 aromatic heterocycles. The van der Waals surface area contributed by atoms with Crippen molar-refractivity contribution in [2.24, 2.45) is 0 Å². The number of pyridine rings is 1. The summed E-state index contributed by atoms with van der Waals surface area (Å²) in [6.07, 6.45) is 3.28. The fourth-order valence-corrected chi connectivity index (χ4v) is 4.23. The summed E-state index contributed by atoms with van der Waals surface area (Å²) in [5.41, 5.74) is 2.42. The van der Waals surface area contributed by atoms with E-state index in [-0.39, 0.29) is 0 Å². The van der Waals surface area contributed by atoms with Crippen LogP contribution < -0.4 is 20.1 Å². The predicted octanol–water partition coefficient (Wildman–Crippen LogP) is 4.28. The van der Waals surface area contributed by atoms with Crippen molar-refractivity contribution in [1.29, 1.82) is 0 Å². The molecule has 5 rings (SSSR count). The molecule has 0 bridgehead atoms. The van der Waals surface area contributed by atoms with E-state index in [4.69, 9.17) is 21.1 Å². The summed E-state index contributed by atoms with van der Waals surface area (Å²) in [6.45, 7) is 3.82. The van der Waals surface area contributed by atoms with E-state index in [2.05, 4.69) is 37.5 Å². The minimum atomic E-state index is 0.303. The molecule has 8 nitrogen and oxygen atoms in total. The summed E-state index contributed by atoms with van der Waals surface area (Å²) < 4.78 is 12.1. The average molecular weight is 491 g/mol. The quantitative estimate of drug-likeness (QED) is 0.378. The lowest BCUT2D eigenvalue weighted by atomic mass is 10.2. The van der Waals surface area contributed by atoms with E-state index < -0.39 is 0 Å². The molecule has 4 aromatic rings. The van der Waals surface area contributed by atoms with Gasteiger partial charge in [0.15, 0.2) is 0 Å². The van der Waals surface area contributed by atoms with Crippen molar-refractivity contribution in [1.82, 2.24) is 25.2 Å². The lowest BCUT2D eigenvalue weighted by Gasteiger charge is -2.32. The fraction of sp³-hybridized carbons (Fsp3) is 0.269. The first kappa shape index (κ1) is 23.3. The Kier molecular flexibility index (Phi) is 7.23. The molecule has 0 radical (unpaired) electrons. The molecule has 1 aliphatic heterocycles. The van der Waals surface area contributed by atoms with Crippen LogP contribution in [0.15, 0.2) is 67.1 Å². The topological polar surface area (TPSA) is 84.4 Å². The summed E-state index contributed by atoms with van der Waals surface area (Å²) in [5, 5.41) is 8.12. The van der Waals surface area contributed by atoms with Crippen molar-refractivity contribution in [3.8, 4) is 11.5 Å². The van der Waals surface area contributed by atoms with Gasteiger partial charge in [0.25, 0.3) is 0 Å². The van der Waals surface area contributed by atoms with Crippen LogP contribution in [0.2, 0.25) is 5.02 Å². The molecule has 3 heterocycles. The fourth-order valence-electron chi connectivity index (χ4n) is 4.00. The van der Waals surface area contributed by atoms with Crippen LogP contribution >= 0.6 is 11.6 Å². The number of hydrogen-bond acceptors (Lipinski definition) is 8. The number of benzene rings is 2. The number of rotatable bonds is 8. The van der Waals surface area contributed by atoms with Crippen LogP contribution in [0.25, 0.3) is 10.9 Å². The summed E-state index contributed by atoms with van der Waals surface area (Å²) in [4.78, 5) is 15.5. The minimum Gasteiger partial charge on any atom is -0.491 e. The number of fused-ring (bicyclic) bond motifs is 1. The van der Waals surface area contributed by atoms with Gasteiger partial charge in [-0.25, -0.2) is 9.97 Å². The van der Waals surface area contributed by atoms with Gasteiger partial charge in [0.05, 0.1) is 27.7 Å². The Balaban J connectivity index is 1.33. The molecule has 0 aliphatic carbocycles. The van der Waals surface area contributed by atoms with Crippen molar-refractivity contribution >= 4 is 34.0 Å². The maximum Gasteiger partial charge on any atom is 0.145 e. The van der Waals surface area contributed by atoms with E-state index in [9.17, 15) is 0 Å². The SMILES string of the molecule is CN1CCNC[C@@H]1COc1cccc2ncnc(Nc3ccc(OCc4ccccn4)c(Cl)c3)c12. The van der Waals surface area contributed by atoms with Gasteiger partial charge in [-0.2, -0.15) is 0 Å². The molecule has 0 saturated carbocycles. The highest BCUT2D eigenvalue weighted by Crippen LogP contribution is 2.34. The highest BCUT2D eigenvalue weighted by molar-refractivity contribution is 6.32. The van der Waals surface area contributed by atoms with Crippen LogP contribution in [0, 0.1) is 0 Å². The second-order valence-corrected chi connectivity index (χ2v) is 8.81. The maximum absolute atomic E-state index is 6.51. The molecule has 35 heavy (non-hydrogen) atoms. The second-order valence-electron chi connectivity index (χ2n) is 8.40. The molecule has 0 spiro atoms. The molecule has 1 saturated heterocycles. The smallest absolute Gasteiger partial charge is 0.145 e. The predicted molar refractivity (Wildman–Crippen MR) is 138 cm³/mol. The van der Waals surface area contributed by atoms with E-state index >= 15 is 0 Å². The Bertz CT molecular complexity index is 1280. The molecule has 2 aromatic carbocycles. The number of piperazine rings is 1. The maximum atomic E-state index is 6.51. The monoisotopic (exact) mass is 490 g/mol. The van der Waals surface area contributed by atoms with Crippen LogP contribution in [-0.4, -0.2) is 59.2 Å². The third-order valence-electron chi connectivity index (χ3n) is 6.00. The number of nitrogens with zero attached hydrogens (tertiary/aromatic N) is 4. The van der Waals surface area contributed by atoms with Crippen LogP contribution in [0.3, 0.4) is 0 Å². The Labute approximate surface area is 209 Å². The van der Waals surface area contributed by atoms with Crippen LogP contribution in [0.5, 0.6) is 11.5 Å². The van der Waals surface area contributed by atoms with Crippen molar-refractivity contribution < 1.29 is 9.47 Å². The number of anilines is 2. The number of halogens is 1. The zero-order chi connectivity index (χ0) is 24.0. The molecular formula is C26H27ClN6O2. The van der Waals surface area contributed by atoms with Gasteiger partial charge in [0.1, 0.15) is 36.9 Å². The van der Waals surface area contributed by atoms with Crippen LogP contribution in [-0.2, 0) is 6.61 Å². The van der Waals surface area contributed by atoms with E-state index in [1.165, 1.54) is 0 Å². The Morgan fingerprint density at radius 3 is 2.83 bits per heavy atom. The van der Waals surface area contributed by atoms with Crippen molar-refractivity contribution in [2.45, 2.75) is 12.6 Å². The summed E-state index contributed by atoms with van der Waals surface area (Å²) in [6, 6.07) is 17.4. The standard InChI is InChI=1S/C26H27ClN6O2/c1-33-12-11-28-14-20(33)16-35-24-7-4-6-22-25(24)26(31-17-30-22)32-18-8-9-23(21(27)13-18)34-15-19-5-2-3-10-29-19/h2-10,13,17,20,28H,11-12,14-16H2,1H3,(H,30,31,32)/t20-/m1/s1. The molecule has 1 atom stereocenters. The van der Waals surface area contributed by atoms with Crippen molar-refractivity contribution in [3.63, 3.8) is 0 Å². The average Bonchev–Trinajstić information content (AvgIpc) is 2.88. The molecule has 1 fully saturated rings. The van der Waals surface area contributed by atoms with Gasteiger partial charge in [0, 0.05) is 31.5 Å². The van der Waals surface area contributed by atoms with E-state index in [1.54, 1.807) is 12.5 Å². The molecule has 1 aliphatic rings. The molecule has 0 amide bonds. The minimum absolute atomic E-state index is 0.303. The summed E-state index contributed by atoms with van der Waals surface area (Å²) in [7, 11) is 2.13. The Morgan fingerprint density at radius 2 is 2.00 bits per heavy atom. The van der Waals surface area contributed by atoms with Gasteiger partial charge < -0.3 is 20.1 Å². The largest absolute Gasteiger partial charge is 0.491 e. The Hall–Kier alpha value is -3.46. The molecule has 9 heteroatoms. The van der Waals surface area contributed by atoms with E-state index in [1.807, 2.05) is 54.6 Å². The number of hydrogen-bond donors (Lipinski definition) is 2. The van der Waals surface area contributed by atoms with Crippen LogP contribution in [0.4, 0.5) is 11.5 Å². The van der Waals surface area contributed by atoms with Gasteiger partial charge in [-0.3, -0.25) is 9.88 Å². The highest BCUT2D eigenvalue weighted by atomic mass is 35.5. The van der Waals surface area contributed by atoms with Gasteiger partial charge >= 0.3 is 0 Å². The van der Waals surface area contributed by atoms with Crippen molar-refractivity contribution in [3.05, 3.63) is 77.8 Å². The zero-order valence-electron chi connectivity index (χ0n) is 19.4. The van der Waals surface area contributed by atoms with E-state index in [0.29, 0.717) is 35.8 Å². The normalized spacial score (nSPS) is 16.2. The number of likely N-dealkylation sites (N-methyl/N-ethyl adjacent to an activating group) is 1. The lowest BCUT2D eigenvalue weighted by molar-refractivity contribution is 0.137. The number of nitrogens with one attached hydrogen (secondary N) is 2. The lowest BCUT2D eigenvalue weighted by Crippen LogP contribution is -2.51. The first-order chi connectivity index (χ1) is 17.2. The molecule has 0 unspecified atom stereocenters. The third kappa shape index (κ3) is 5.62. The molecular weight excluding hydrogens is 464 g/mol. The summed E-state index contributed by atoms with van der Waals surface area (Å²) in [5.74, 6) is 1.98. The van der Waals surface area contributed by atoms with Gasteiger partial charge in [-0.15, -0.1) is 0 Å². The Morgan fingerprint density at radius 1 is 1.06 bits per heavy atom. The van der Waals surface area contributed by atoms with Gasteiger partial charge in [0.2, 0.25) is 0 Å². The van der Waals surface area contributed by atoms with Gasteiger partial charge in [-0.05, 0) is 49.5 Å².